The van der Waals surface area contributed by atoms with Crippen molar-refractivity contribution < 1.29 is 18.9 Å². The smallest absolute Gasteiger partial charge is 0.203 e. The number of hydrogen-bond donors (Lipinski definition) is 0. The summed E-state index contributed by atoms with van der Waals surface area (Å²) in [4.78, 5) is 0. The lowest BCUT2D eigenvalue weighted by Gasteiger charge is -2.21. The van der Waals surface area contributed by atoms with Gasteiger partial charge in [0.15, 0.2) is 11.5 Å². The summed E-state index contributed by atoms with van der Waals surface area (Å²) in [7, 11) is 4.79. The zero-order valence-electron chi connectivity index (χ0n) is 11.2. The van der Waals surface area contributed by atoms with E-state index in [1.54, 1.807) is 21.3 Å². The van der Waals surface area contributed by atoms with Gasteiger partial charge in [-0.2, -0.15) is 0 Å². The lowest BCUT2D eigenvalue weighted by atomic mass is 9.84. The molecule has 1 heterocycles. The van der Waals surface area contributed by atoms with E-state index < -0.39 is 0 Å². The van der Waals surface area contributed by atoms with Crippen molar-refractivity contribution in [3.05, 3.63) is 24.3 Å². The monoisotopic (exact) mass is 250 g/mol. The predicted octanol–water partition coefficient (Wildman–Crippen LogP) is 2.55. The third-order valence-electron chi connectivity index (χ3n) is 3.34. The molecule has 0 aliphatic carbocycles. The van der Waals surface area contributed by atoms with Crippen molar-refractivity contribution in [1.29, 1.82) is 0 Å². The summed E-state index contributed by atoms with van der Waals surface area (Å²) >= 11 is 0. The summed E-state index contributed by atoms with van der Waals surface area (Å²) in [5.74, 6) is 2.58. The van der Waals surface area contributed by atoms with E-state index in [9.17, 15) is 0 Å². The van der Waals surface area contributed by atoms with Gasteiger partial charge in [-0.25, -0.2) is 0 Å². The van der Waals surface area contributed by atoms with E-state index >= 15 is 0 Å². The minimum absolute atomic E-state index is 0.278. The van der Waals surface area contributed by atoms with Crippen molar-refractivity contribution >= 4 is 0 Å². The molecule has 0 saturated heterocycles. The molecular weight excluding hydrogens is 232 g/mol. The number of rotatable bonds is 4. The highest BCUT2D eigenvalue weighted by atomic mass is 16.5. The first kappa shape index (κ1) is 12.6. The molecule has 1 atom stereocenters. The molecule has 1 aromatic rings. The van der Waals surface area contributed by atoms with E-state index in [4.69, 9.17) is 18.9 Å². The van der Waals surface area contributed by atoms with Crippen LogP contribution in [0, 0.1) is 0 Å². The van der Waals surface area contributed by atoms with Crippen LogP contribution in [0.5, 0.6) is 23.0 Å². The molecule has 4 heteroatoms. The molecule has 98 valence electrons. The Kier molecular flexibility index (Phi) is 3.11. The molecule has 4 nitrogen and oxygen atoms in total. The average molecular weight is 250 g/mol. The second kappa shape index (κ2) is 4.44. The highest BCUT2D eigenvalue weighted by Crippen LogP contribution is 2.53. The van der Waals surface area contributed by atoms with Gasteiger partial charge in [-0.1, -0.05) is 6.08 Å². The van der Waals surface area contributed by atoms with Crippen LogP contribution in [0.15, 0.2) is 18.7 Å². The molecule has 1 aromatic carbocycles. The molecule has 1 aliphatic heterocycles. The van der Waals surface area contributed by atoms with Crippen LogP contribution in [0.2, 0.25) is 0 Å². The second-order valence-corrected chi connectivity index (χ2v) is 4.43. The standard InChI is InChI=1S/C14H18O4/c1-6-14(2)8-18-9-7-10(15-3)12(16-4)13(17-5)11(9)14/h6-7H,1,8H2,2-5H3. The molecule has 0 N–H and O–H groups in total. The first-order chi connectivity index (χ1) is 8.61. The van der Waals surface area contributed by atoms with Gasteiger partial charge in [0.05, 0.1) is 32.3 Å². The van der Waals surface area contributed by atoms with Gasteiger partial charge >= 0.3 is 0 Å². The Morgan fingerprint density at radius 1 is 1.22 bits per heavy atom. The highest BCUT2D eigenvalue weighted by molar-refractivity contribution is 5.66. The largest absolute Gasteiger partial charge is 0.493 e. The van der Waals surface area contributed by atoms with E-state index in [0.717, 1.165) is 11.3 Å². The van der Waals surface area contributed by atoms with Crippen LogP contribution in [0.25, 0.3) is 0 Å². The topological polar surface area (TPSA) is 36.9 Å². The molecule has 0 spiro atoms. The second-order valence-electron chi connectivity index (χ2n) is 4.43. The third kappa shape index (κ3) is 1.60. The third-order valence-corrected chi connectivity index (χ3v) is 3.34. The van der Waals surface area contributed by atoms with Gasteiger partial charge in [0.2, 0.25) is 5.75 Å². The Hall–Kier alpha value is -1.84. The molecule has 0 aromatic heterocycles. The van der Waals surface area contributed by atoms with Gasteiger partial charge in [0.1, 0.15) is 12.4 Å². The molecule has 0 radical (unpaired) electrons. The van der Waals surface area contributed by atoms with Crippen LogP contribution in [0.4, 0.5) is 0 Å². The van der Waals surface area contributed by atoms with Crippen LogP contribution < -0.4 is 18.9 Å². The Morgan fingerprint density at radius 2 is 1.89 bits per heavy atom. The van der Waals surface area contributed by atoms with Gasteiger partial charge in [-0.15, -0.1) is 6.58 Å². The van der Waals surface area contributed by atoms with Crippen molar-refractivity contribution in [1.82, 2.24) is 0 Å². The summed E-state index contributed by atoms with van der Waals surface area (Å²) in [5.41, 5.74) is 0.679. The summed E-state index contributed by atoms with van der Waals surface area (Å²) in [6.45, 7) is 6.48. The maximum absolute atomic E-state index is 5.70. The molecular formula is C14H18O4. The quantitative estimate of drug-likeness (QED) is 0.769. The van der Waals surface area contributed by atoms with Crippen molar-refractivity contribution in [3.63, 3.8) is 0 Å². The minimum Gasteiger partial charge on any atom is -0.493 e. The van der Waals surface area contributed by atoms with Crippen molar-refractivity contribution in [3.8, 4) is 23.0 Å². The summed E-state index contributed by atoms with van der Waals surface area (Å²) in [6.07, 6.45) is 1.87. The number of fused-ring (bicyclic) bond motifs is 1. The molecule has 0 fully saturated rings. The summed E-state index contributed by atoms with van der Waals surface area (Å²) < 4.78 is 21.9. The van der Waals surface area contributed by atoms with E-state index in [1.165, 1.54) is 0 Å². The number of benzene rings is 1. The summed E-state index contributed by atoms with van der Waals surface area (Å²) in [6, 6.07) is 1.82. The van der Waals surface area contributed by atoms with Gasteiger partial charge < -0.3 is 18.9 Å². The number of methoxy groups -OCH3 is 3. The van der Waals surface area contributed by atoms with Crippen LogP contribution in [-0.2, 0) is 5.41 Å². The Bertz CT molecular complexity index is 481. The lowest BCUT2D eigenvalue weighted by Crippen LogP contribution is -2.20. The van der Waals surface area contributed by atoms with Gasteiger partial charge in [0, 0.05) is 6.07 Å². The van der Waals surface area contributed by atoms with Gasteiger partial charge in [-0.3, -0.25) is 0 Å². The van der Waals surface area contributed by atoms with Gasteiger partial charge in [0.25, 0.3) is 0 Å². The Morgan fingerprint density at radius 3 is 2.39 bits per heavy atom. The molecule has 0 bridgehead atoms. The van der Waals surface area contributed by atoms with E-state index in [0.29, 0.717) is 23.9 Å². The van der Waals surface area contributed by atoms with Crippen LogP contribution in [0.3, 0.4) is 0 Å². The van der Waals surface area contributed by atoms with E-state index in [1.807, 2.05) is 12.1 Å². The average Bonchev–Trinajstić information content (AvgIpc) is 2.74. The van der Waals surface area contributed by atoms with Crippen molar-refractivity contribution in [2.45, 2.75) is 12.3 Å². The molecule has 2 rings (SSSR count). The minimum atomic E-state index is -0.278. The van der Waals surface area contributed by atoms with Crippen molar-refractivity contribution in [2.75, 3.05) is 27.9 Å². The summed E-state index contributed by atoms with van der Waals surface area (Å²) in [5, 5.41) is 0. The van der Waals surface area contributed by atoms with Crippen LogP contribution >= 0.6 is 0 Å². The zero-order valence-corrected chi connectivity index (χ0v) is 11.2. The lowest BCUT2D eigenvalue weighted by molar-refractivity contribution is 0.305. The number of hydrogen-bond acceptors (Lipinski definition) is 4. The van der Waals surface area contributed by atoms with Crippen molar-refractivity contribution in [2.24, 2.45) is 0 Å². The number of ether oxygens (including phenoxy) is 4. The fourth-order valence-corrected chi connectivity index (χ4v) is 2.25. The van der Waals surface area contributed by atoms with E-state index in [-0.39, 0.29) is 5.41 Å². The molecule has 18 heavy (non-hydrogen) atoms. The SMILES string of the molecule is C=CC1(C)COc2cc(OC)c(OC)c(OC)c21. The fraction of sp³-hybridized carbons (Fsp3) is 0.429. The molecule has 1 unspecified atom stereocenters. The highest BCUT2D eigenvalue weighted by Gasteiger charge is 2.39. The van der Waals surface area contributed by atoms with E-state index in [2.05, 4.69) is 13.5 Å². The maximum atomic E-state index is 5.70. The first-order valence-corrected chi connectivity index (χ1v) is 5.71. The molecule has 0 amide bonds. The predicted molar refractivity (Wildman–Crippen MR) is 69.1 cm³/mol. The Labute approximate surface area is 107 Å². The first-order valence-electron chi connectivity index (χ1n) is 5.71. The zero-order chi connectivity index (χ0) is 13.3. The normalized spacial score (nSPS) is 20.9. The van der Waals surface area contributed by atoms with Crippen LogP contribution in [-0.4, -0.2) is 27.9 Å². The maximum Gasteiger partial charge on any atom is 0.203 e. The molecule has 0 saturated carbocycles. The fourth-order valence-electron chi connectivity index (χ4n) is 2.25. The van der Waals surface area contributed by atoms with Gasteiger partial charge in [-0.05, 0) is 6.92 Å². The van der Waals surface area contributed by atoms with Crippen LogP contribution in [0.1, 0.15) is 12.5 Å². The Balaban J connectivity index is 2.74. The molecule has 1 aliphatic rings.